The number of thioether (sulfide) groups is 1. The standard InChI is InChI=1S/C27H26N4O4S/c1-15-10-20(11-16(2)25(15)28)35-19-8-9-21-22(13-19)31(3)24(29-21)14-34-18-6-4-17(5-7-18)12-23-26(32)30-27(33)36-23/h4-11,13,23H,12,14,28H2,1-3H3,(H,30,32,33)/t23-/m1/s1. The summed E-state index contributed by atoms with van der Waals surface area (Å²) < 4.78 is 14.0. The third-order valence-corrected chi connectivity index (χ3v) is 7.21. The van der Waals surface area contributed by atoms with Crippen LogP contribution >= 0.6 is 11.8 Å². The molecule has 0 radical (unpaired) electrons. The van der Waals surface area contributed by atoms with Gasteiger partial charge in [0.2, 0.25) is 5.91 Å². The minimum atomic E-state index is -0.383. The lowest BCUT2D eigenvalue weighted by Crippen LogP contribution is -2.25. The first-order valence-electron chi connectivity index (χ1n) is 11.5. The van der Waals surface area contributed by atoms with Crippen molar-refractivity contribution in [3.05, 3.63) is 77.1 Å². The number of aryl methyl sites for hydroxylation is 3. The molecular weight excluding hydrogens is 476 g/mol. The number of nitrogens with zero attached hydrogens (tertiary/aromatic N) is 2. The third kappa shape index (κ3) is 4.87. The summed E-state index contributed by atoms with van der Waals surface area (Å²) in [6, 6.07) is 17.2. The van der Waals surface area contributed by atoms with Gasteiger partial charge in [0.15, 0.2) is 0 Å². The second-order valence-corrected chi connectivity index (χ2v) is 10.0. The number of anilines is 1. The van der Waals surface area contributed by atoms with Gasteiger partial charge in [-0.2, -0.15) is 0 Å². The maximum atomic E-state index is 11.8. The number of nitrogen functional groups attached to an aromatic ring is 1. The van der Waals surface area contributed by atoms with Crippen LogP contribution < -0.4 is 20.5 Å². The summed E-state index contributed by atoms with van der Waals surface area (Å²) in [4.78, 5) is 27.8. The fourth-order valence-electron chi connectivity index (χ4n) is 4.15. The van der Waals surface area contributed by atoms with Crippen LogP contribution in [0, 0.1) is 13.8 Å². The Morgan fingerprint density at radius 3 is 2.36 bits per heavy atom. The number of hydrogen-bond acceptors (Lipinski definition) is 7. The lowest BCUT2D eigenvalue weighted by molar-refractivity contribution is -0.118. The van der Waals surface area contributed by atoms with Crippen LogP contribution in [0.1, 0.15) is 22.5 Å². The van der Waals surface area contributed by atoms with Gasteiger partial charge in [0.05, 0.1) is 16.3 Å². The number of aromatic nitrogens is 2. The molecule has 0 spiro atoms. The molecule has 8 nitrogen and oxygen atoms in total. The van der Waals surface area contributed by atoms with Gasteiger partial charge >= 0.3 is 0 Å². The van der Waals surface area contributed by atoms with E-state index < -0.39 is 0 Å². The van der Waals surface area contributed by atoms with Gasteiger partial charge < -0.3 is 19.8 Å². The predicted octanol–water partition coefficient (Wildman–Crippen LogP) is 5.04. The van der Waals surface area contributed by atoms with E-state index in [2.05, 4.69) is 5.32 Å². The van der Waals surface area contributed by atoms with Crippen molar-refractivity contribution in [2.75, 3.05) is 5.73 Å². The van der Waals surface area contributed by atoms with Gasteiger partial charge in [-0.15, -0.1) is 0 Å². The molecule has 9 heteroatoms. The first kappa shape index (κ1) is 23.7. The largest absolute Gasteiger partial charge is 0.486 e. The fourth-order valence-corrected chi connectivity index (χ4v) is 5.01. The van der Waals surface area contributed by atoms with Crippen molar-refractivity contribution in [1.29, 1.82) is 0 Å². The van der Waals surface area contributed by atoms with E-state index in [9.17, 15) is 9.59 Å². The fraction of sp³-hybridized carbons (Fsp3) is 0.222. The van der Waals surface area contributed by atoms with E-state index in [-0.39, 0.29) is 16.4 Å². The van der Waals surface area contributed by atoms with E-state index in [4.69, 9.17) is 20.2 Å². The van der Waals surface area contributed by atoms with E-state index in [1.165, 1.54) is 0 Å². The van der Waals surface area contributed by atoms with Crippen LogP contribution in [0.4, 0.5) is 10.5 Å². The lowest BCUT2D eigenvalue weighted by Gasteiger charge is -2.11. The lowest BCUT2D eigenvalue weighted by atomic mass is 10.1. The Kier molecular flexibility index (Phi) is 6.32. The molecule has 0 aliphatic carbocycles. The van der Waals surface area contributed by atoms with Gasteiger partial charge in [-0.25, -0.2) is 4.98 Å². The molecule has 3 aromatic carbocycles. The van der Waals surface area contributed by atoms with Gasteiger partial charge in [0.1, 0.15) is 29.7 Å². The SMILES string of the molecule is Cc1cc(Oc2ccc3nc(COc4ccc(C[C@H]5SC(=O)NC5=O)cc4)n(C)c3c2)cc(C)c1N. The molecule has 5 rings (SSSR count). The molecule has 1 fully saturated rings. The van der Waals surface area contributed by atoms with Gasteiger partial charge in [-0.3, -0.25) is 14.9 Å². The first-order valence-corrected chi connectivity index (χ1v) is 12.4. The second-order valence-electron chi connectivity index (χ2n) is 8.83. The third-order valence-electron chi connectivity index (χ3n) is 6.23. The van der Waals surface area contributed by atoms with Crippen LogP contribution in [0.15, 0.2) is 54.6 Å². The summed E-state index contributed by atoms with van der Waals surface area (Å²) in [5.74, 6) is 2.70. The van der Waals surface area contributed by atoms with Crippen molar-refractivity contribution in [2.24, 2.45) is 7.05 Å². The van der Waals surface area contributed by atoms with E-state index in [1.807, 2.05) is 80.1 Å². The number of imide groups is 1. The van der Waals surface area contributed by atoms with Crippen molar-refractivity contribution >= 4 is 39.6 Å². The molecule has 0 unspecified atom stereocenters. The number of carbonyl (C=O) groups excluding carboxylic acids is 2. The highest BCUT2D eigenvalue weighted by Crippen LogP contribution is 2.30. The second kappa shape index (κ2) is 9.58. The molecule has 1 aliphatic heterocycles. The van der Waals surface area contributed by atoms with Crippen LogP contribution in [0.3, 0.4) is 0 Å². The maximum absolute atomic E-state index is 11.8. The summed E-state index contributed by atoms with van der Waals surface area (Å²) in [6.07, 6.45) is 0.493. The average molecular weight is 503 g/mol. The average Bonchev–Trinajstić information content (AvgIpc) is 3.34. The van der Waals surface area contributed by atoms with Crippen molar-refractivity contribution in [3.8, 4) is 17.2 Å². The molecule has 1 atom stereocenters. The summed E-state index contributed by atoms with van der Waals surface area (Å²) >= 11 is 1.03. The van der Waals surface area contributed by atoms with Gasteiger partial charge in [0.25, 0.3) is 5.24 Å². The van der Waals surface area contributed by atoms with Crippen LogP contribution in [0.25, 0.3) is 11.0 Å². The number of ether oxygens (including phenoxy) is 2. The molecule has 0 bridgehead atoms. The molecule has 1 aliphatic rings. The highest BCUT2D eigenvalue weighted by Gasteiger charge is 2.31. The highest BCUT2D eigenvalue weighted by molar-refractivity contribution is 8.15. The topological polar surface area (TPSA) is 108 Å². The molecule has 4 aromatic rings. The molecule has 2 amide bonds. The van der Waals surface area contributed by atoms with Crippen molar-refractivity contribution < 1.29 is 19.1 Å². The number of fused-ring (bicyclic) bond motifs is 1. The summed E-state index contributed by atoms with van der Waals surface area (Å²) in [6.45, 7) is 4.23. The summed E-state index contributed by atoms with van der Waals surface area (Å²) in [7, 11) is 1.95. The smallest absolute Gasteiger partial charge is 0.286 e. The van der Waals surface area contributed by atoms with Gasteiger partial charge in [-0.05, 0) is 73.4 Å². The number of amides is 2. The van der Waals surface area contributed by atoms with Crippen molar-refractivity contribution in [1.82, 2.24) is 14.9 Å². The Morgan fingerprint density at radius 2 is 1.69 bits per heavy atom. The first-order chi connectivity index (χ1) is 17.3. The monoisotopic (exact) mass is 502 g/mol. The van der Waals surface area contributed by atoms with Crippen LogP contribution in [-0.2, 0) is 24.9 Å². The van der Waals surface area contributed by atoms with Gasteiger partial charge in [0, 0.05) is 18.8 Å². The zero-order chi connectivity index (χ0) is 25.4. The van der Waals surface area contributed by atoms with Crippen molar-refractivity contribution in [2.45, 2.75) is 32.1 Å². The predicted molar refractivity (Wildman–Crippen MR) is 141 cm³/mol. The summed E-state index contributed by atoms with van der Waals surface area (Å²) in [5.41, 5.74) is 11.6. The zero-order valence-corrected chi connectivity index (χ0v) is 21.0. The normalized spacial score (nSPS) is 15.4. The zero-order valence-electron chi connectivity index (χ0n) is 20.2. The number of hydrogen-bond donors (Lipinski definition) is 2. The van der Waals surface area contributed by atoms with Crippen LogP contribution in [-0.4, -0.2) is 25.9 Å². The van der Waals surface area contributed by atoms with Gasteiger partial charge in [-0.1, -0.05) is 23.9 Å². The number of imidazole rings is 1. The Bertz CT molecular complexity index is 1460. The quantitative estimate of drug-likeness (QED) is 0.341. The molecule has 36 heavy (non-hydrogen) atoms. The number of benzene rings is 3. The molecule has 2 heterocycles. The molecule has 184 valence electrons. The van der Waals surface area contributed by atoms with E-state index in [0.29, 0.717) is 24.5 Å². The minimum absolute atomic E-state index is 0.237. The molecule has 1 aromatic heterocycles. The number of nitrogens with two attached hydrogens (primary N) is 1. The maximum Gasteiger partial charge on any atom is 0.286 e. The molecule has 0 saturated carbocycles. The Balaban J connectivity index is 1.25. The molecule has 3 N–H and O–H groups in total. The molecule has 1 saturated heterocycles. The van der Waals surface area contributed by atoms with E-state index in [1.54, 1.807) is 0 Å². The highest BCUT2D eigenvalue weighted by atomic mass is 32.2. The number of rotatable bonds is 7. The number of nitrogens with one attached hydrogen (secondary N) is 1. The van der Waals surface area contributed by atoms with Crippen molar-refractivity contribution in [3.63, 3.8) is 0 Å². The number of carbonyl (C=O) groups is 2. The van der Waals surface area contributed by atoms with Crippen LogP contribution in [0.2, 0.25) is 0 Å². The van der Waals surface area contributed by atoms with E-state index >= 15 is 0 Å². The Labute approximate surface area is 212 Å². The Hall–Kier alpha value is -3.98. The molecular formula is C27H26N4O4S. The minimum Gasteiger partial charge on any atom is -0.486 e. The Morgan fingerprint density at radius 1 is 1.00 bits per heavy atom. The van der Waals surface area contributed by atoms with E-state index in [0.717, 1.165) is 56.7 Å². The van der Waals surface area contributed by atoms with Crippen LogP contribution in [0.5, 0.6) is 17.2 Å². The summed E-state index contributed by atoms with van der Waals surface area (Å²) in [5, 5.41) is 1.64.